The predicted octanol–water partition coefficient (Wildman–Crippen LogP) is 3.10. The van der Waals surface area contributed by atoms with Gasteiger partial charge in [-0.3, -0.25) is 9.78 Å². The first-order chi connectivity index (χ1) is 11.2. The zero-order valence-electron chi connectivity index (χ0n) is 13.0. The highest BCUT2D eigenvalue weighted by Gasteiger charge is 2.31. The Kier molecular flexibility index (Phi) is 3.41. The monoisotopic (exact) mass is 310 g/mol. The van der Waals surface area contributed by atoms with Crippen molar-refractivity contribution in [1.82, 2.24) is 9.88 Å². The number of ether oxygens (including phenoxy) is 2. The van der Waals surface area contributed by atoms with Crippen molar-refractivity contribution in [3.63, 3.8) is 0 Å². The molecule has 23 heavy (non-hydrogen) atoms. The molecule has 1 aromatic heterocycles. The molecule has 2 aliphatic heterocycles. The minimum atomic E-state index is 0.0395. The molecule has 0 N–H and O–H groups in total. The number of benzene rings is 1. The minimum absolute atomic E-state index is 0.0395. The van der Waals surface area contributed by atoms with Crippen LogP contribution in [0.5, 0.6) is 11.5 Å². The van der Waals surface area contributed by atoms with E-state index >= 15 is 0 Å². The second-order valence-electron chi connectivity index (χ2n) is 5.96. The van der Waals surface area contributed by atoms with E-state index in [1.807, 2.05) is 42.2 Å². The van der Waals surface area contributed by atoms with E-state index in [2.05, 4.69) is 4.98 Å². The average molecular weight is 310 g/mol. The van der Waals surface area contributed by atoms with Gasteiger partial charge in [-0.2, -0.15) is 0 Å². The molecular weight excluding hydrogens is 292 g/mol. The lowest BCUT2D eigenvalue weighted by Gasteiger charge is -2.25. The Bertz CT molecular complexity index is 742. The van der Waals surface area contributed by atoms with Gasteiger partial charge in [-0.15, -0.1) is 0 Å². The molecule has 1 fully saturated rings. The summed E-state index contributed by atoms with van der Waals surface area (Å²) in [5, 5.41) is 0. The number of likely N-dealkylation sites (tertiary alicyclic amines) is 1. The second-order valence-corrected chi connectivity index (χ2v) is 5.96. The topological polar surface area (TPSA) is 51.7 Å². The number of amides is 1. The van der Waals surface area contributed by atoms with Crippen LogP contribution in [-0.4, -0.2) is 29.1 Å². The maximum Gasteiger partial charge on any atom is 0.255 e. The summed E-state index contributed by atoms with van der Waals surface area (Å²) < 4.78 is 10.8. The van der Waals surface area contributed by atoms with Crippen molar-refractivity contribution in [3.8, 4) is 11.5 Å². The number of aryl methyl sites for hydroxylation is 1. The van der Waals surface area contributed by atoms with E-state index in [1.165, 1.54) is 0 Å². The highest BCUT2D eigenvalue weighted by atomic mass is 16.7. The standard InChI is InChI=1S/C18H18N2O3/c1-12-4-5-14(10-19-12)18(21)20-8-2-3-15(20)13-6-7-16-17(9-13)23-11-22-16/h4-7,9-10,15H,2-3,8,11H2,1H3/t15-/m1/s1. The van der Waals surface area contributed by atoms with Crippen LogP contribution in [0.25, 0.3) is 0 Å². The highest BCUT2D eigenvalue weighted by Crippen LogP contribution is 2.39. The second kappa shape index (κ2) is 5.57. The van der Waals surface area contributed by atoms with Crippen LogP contribution in [0.15, 0.2) is 36.5 Å². The van der Waals surface area contributed by atoms with Gasteiger partial charge >= 0.3 is 0 Å². The van der Waals surface area contributed by atoms with Gasteiger partial charge in [0.1, 0.15) is 0 Å². The van der Waals surface area contributed by atoms with E-state index in [0.29, 0.717) is 5.56 Å². The molecule has 0 radical (unpaired) electrons. The predicted molar refractivity (Wildman–Crippen MR) is 84.6 cm³/mol. The largest absolute Gasteiger partial charge is 0.454 e. The van der Waals surface area contributed by atoms with Crippen LogP contribution in [0.4, 0.5) is 0 Å². The zero-order chi connectivity index (χ0) is 15.8. The van der Waals surface area contributed by atoms with Crippen LogP contribution >= 0.6 is 0 Å². The summed E-state index contributed by atoms with van der Waals surface area (Å²) in [7, 11) is 0. The molecule has 0 spiro atoms. The maximum absolute atomic E-state index is 12.8. The first kappa shape index (κ1) is 14.1. The third kappa shape index (κ3) is 2.52. The van der Waals surface area contributed by atoms with Crippen molar-refractivity contribution in [2.45, 2.75) is 25.8 Å². The summed E-state index contributed by atoms with van der Waals surface area (Å²) in [5.74, 6) is 1.57. The minimum Gasteiger partial charge on any atom is -0.454 e. The number of aromatic nitrogens is 1. The molecular formula is C18H18N2O3. The molecule has 1 amide bonds. The molecule has 5 nitrogen and oxygen atoms in total. The summed E-state index contributed by atoms with van der Waals surface area (Å²) >= 11 is 0. The molecule has 0 saturated carbocycles. The molecule has 5 heteroatoms. The Morgan fingerprint density at radius 2 is 2.09 bits per heavy atom. The first-order valence-corrected chi connectivity index (χ1v) is 7.85. The molecule has 4 rings (SSSR count). The van der Waals surface area contributed by atoms with Gasteiger partial charge < -0.3 is 14.4 Å². The Labute approximate surface area is 134 Å². The Balaban J connectivity index is 1.61. The van der Waals surface area contributed by atoms with Crippen molar-refractivity contribution >= 4 is 5.91 Å². The molecule has 118 valence electrons. The number of carbonyl (C=O) groups excluding carboxylic acids is 1. The lowest BCUT2D eigenvalue weighted by molar-refractivity contribution is 0.0735. The fourth-order valence-electron chi connectivity index (χ4n) is 3.24. The average Bonchev–Trinajstić information content (AvgIpc) is 3.23. The summed E-state index contributed by atoms with van der Waals surface area (Å²) in [5.41, 5.74) is 2.65. The summed E-state index contributed by atoms with van der Waals surface area (Å²) in [6.45, 7) is 2.95. The van der Waals surface area contributed by atoms with E-state index in [0.717, 1.165) is 42.1 Å². The van der Waals surface area contributed by atoms with Gasteiger partial charge in [-0.05, 0) is 49.6 Å². The fraction of sp³-hybridized carbons (Fsp3) is 0.333. The van der Waals surface area contributed by atoms with Gasteiger partial charge in [-0.25, -0.2) is 0 Å². The molecule has 0 unspecified atom stereocenters. The highest BCUT2D eigenvalue weighted by molar-refractivity contribution is 5.94. The number of hydrogen-bond donors (Lipinski definition) is 0. The number of pyridine rings is 1. The van der Waals surface area contributed by atoms with Gasteiger partial charge in [0.25, 0.3) is 5.91 Å². The number of fused-ring (bicyclic) bond motifs is 1. The van der Waals surface area contributed by atoms with Gasteiger partial charge in [0.15, 0.2) is 11.5 Å². The van der Waals surface area contributed by atoms with Gasteiger partial charge in [0.2, 0.25) is 6.79 Å². The molecule has 2 aromatic rings. The molecule has 0 bridgehead atoms. The SMILES string of the molecule is Cc1ccc(C(=O)N2CCC[C@@H]2c2ccc3c(c2)OCO3)cn1. The van der Waals surface area contributed by atoms with Crippen LogP contribution in [0.2, 0.25) is 0 Å². The number of rotatable bonds is 2. The van der Waals surface area contributed by atoms with Crippen LogP contribution in [0, 0.1) is 6.92 Å². The van der Waals surface area contributed by atoms with Gasteiger partial charge in [0.05, 0.1) is 11.6 Å². The molecule has 2 aliphatic rings. The number of nitrogens with zero attached hydrogens (tertiary/aromatic N) is 2. The normalized spacial score (nSPS) is 19.2. The zero-order valence-corrected chi connectivity index (χ0v) is 13.0. The van der Waals surface area contributed by atoms with Crippen LogP contribution in [0.1, 0.15) is 40.5 Å². The van der Waals surface area contributed by atoms with Crippen molar-refractivity contribution in [3.05, 3.63) is 53.3 Å². The third-order valence-electron chi connectivity index (χ3n) is 4.45. The quantitative estimate of drug-likeness (QED) is 0.855. The lowest BCUT2D eigenvalue weighted by atomic mass is 10.0. The maximum atomic E-state index is 12.8. The van der Waals surface area contributed by atoms with Crippen LogP contribution < -0.4 is 9.47 Å². The van der Waals surface area contributed by atoms with Crippen molar-refractivity contribution in [2.24, 2.45) is 0 Å². The number of carbonyl (C=O) groups is 1. The smallest absolute Gasteiger partial charge is 0.255 e. The molecule has 1 atom stereocenters. The molecule has 0 aliphatic carbocycles. The van der Waals surface area contributed by atoms with Crippen molar-refractivity contribution < 1.29 is 14.3 Å². The number of hydrogen-bond acceptors (Lipinski definition) is 4. The fourth-order valence-corrected chi connectivity index (χ4v) is 3.24. The van der Waals surface area contributed by atoms with Crippen LogP contribution in [0.3, 0.4) is 0 Å². The van der Waals surface area contributed by atoms with E-state index < -0.39 is 0 Å². The first-order valence-electron chi connectivity index (χ1n) is 7.85. The Hall–Kier alpha value is -2.56. The van der Waals surface area contributed by atoms with E-state index in [9.17, 15) is 4.79 Å². The Morgan fingerprint density at radius 3 is 2.91 bits per heavy atom. The van der Waals surface area contributed by atoms with Crippen molar-refractivity contribution in [2.75, 3.05) is 13.3 Å². The van der Waals surface area contributed by atoms with E-state index in [4.69, 9.17) is 9.47 Å². The summed E-state index contributed by atoms with van der Waals surface area (Å²) in [6, 6.07) is 9.74. The van der Waals surface area contributed by atoms with Gasteiger partial charge in [-0.1, -0.05) is 6.07 Å². The van der Waals surface area contributed by atoms with Gasteiger partial charge in [0, 0.05) is 18.4 Å². The summed E-state index contributed by atoms with van der Waals surface area (Å²) in [4.78, 5) is 19.0. The summed E-state index contributed by atoms with van der Waals surface area (Å²) in [6.07, 6.45) is 3.63. The molecule has 1 aromatic carbocycles. The van der Waals surface area contributed by atoms with Crippen molar-refractivity contribution in [1.29, 1.82) is 0 Å². The third-order valence-corrected chi connectivity index (χ3v) is 4.45. The van der Waals surface area contributed by atoms with Crippen LogP contribution in [-0.2, 0) is 0 Å². The lowest BCUT2D eigenvalue weighted by Crippen LogP contribution is -2.30. The van der Waals surface area contributed by atoms with E-state index in [-0.39, 0.29) is 18.7 Å². The molecule has 1 saturated heterocycles. The molecule has 3 heterocycles. The Morgan fingerprint density at radius 1 is 1.22 bits per heavy atom. The van der Waals surface area contributed by atoms with E-state index in [1.54, 1.807) is 6.20 Å².